The summed E-state index contributed by atoms with van der Waals surface area (Å²) in [5, 5.41) is 11.6. The van der Waals surface area contributed by atoms with Gasteiger partial charge >= 0.3 is 0 Å². The minimum atomic E-state index is -0.717. The van der Waals surface area contributed by atoms with Crippen LogP contribution >= 0.6 is 0 Å². The Morgan fingerprint density at radius 1 is 1.89 bits per heavy atom. The summed E-state index contributed by atoms with van der Waals surface area (Å²) in [4.78, 5) is 4.28. The Morgan fingerprint density at radius 3 is 3.11 bits per heavy atom. The van der Waals surface area contributed by atoms with Gasteiger partial charge in [0, 0.05) is 6.54 Å². The van der Waals surface area contributed by atoms with Crippen molar-refractivity contribution in [3.05, 3.63) is 0 Å². The van der Waals surface area contributed by atoms with Gasteiger partial charge in [-0.1, -0.05) is 0 Å². The second-order valence-corrected chi connectivity index (χ2v) is 1.82. The number of nitrogens with two attached hydrogens (primary N) is 1. The van der Waals surface area contributed by atoms with Crippen molar-refractivity contribution in [2.45, 2.75) is 12.5 Å². The van der Waals surface area contributed by atoms with Gasteiger partial charge in [0.1, 0.15) is 12.8 Å². The van der Waals surface area contributed by atoms with Crippen LogP contribution in [0.5, 0.6) is 0 Å². The van der Waals surface area contributed by atoms with Crippen LogP contribution in [0.4, 0.5) is 0 Å². The van der Waals surface area contributed by atoms with Crippen molar-refractivity contribution in [1.82, 2.24) is 5.32 Å². The summed E-state index contributed by atoms with van der Waals surface area (Å²) in [6.07, 6.45) is -0.977. The number of ether oxygens (including phenoxy) is 1. The smallest absolute Gasteiger partial charge is 0.169 e. The lowest BCUT2D eigenvalue weighted by Crippen LogP contribution is -2.29. The van der Waals surface area contributed by atoms with Gasteiger partial charge in [0.15, 0.2) is 6.29 Å². The minimum absolute atomic E-state index is 0.259. The molecule has 1 saturated heterocycles. The summed E-state index contributed by atoms with van der Waals surface area (Å²) in [7, 11) is 0. The maximum absolute atomic E-state index is 8.75. The zero-order chi connectivity index (χ0) is 6.69. The quantitative estimate of drug-likeness (QED) is 0.386. The highest BCUT2D eigenvalue weighted by molar-refractivity contribution is 4.64. The fourth-order valence-electron chi connectivity index (χ4n) is 0.704. The normalized spacial score (nSPS) is 35.3. The number of nitrogens with one attached hydrogen (secondary N) is 1. The van der Waals surface area contributed by atoms with E-state index in [1.807, 2.05) is 0 Å². The molecular formula is C4H10N2O3. The number of aliphatic hydroxyl groups is 1. The molecule has 5 heteroatoms. The molecule has 0 aromatic rings. The second kappa shape index (κ2) is 3.09. The monoisotopic (exact) mass is 134 g/mol. The predicted octanol–water partition coefficient (Wildman–Crippen LogP) is -1.86. The summed E-state index contributed by atoms with van der Waals surface area (Å²) in [5.41, 5.74) is 0. The van der Waals surface area contributed by atoms with Gasteiger partial charge in [-0.25, -0.2) is 5.90 Å². The van der Waals surface area contributed by atoms with Crippen molar-refractivity contribution in [2.75, 3.05) is 13.2 Å². The summed E-state index contributed by atoms with van der Waals surface area (Å²) < 4.78 is 4.84. The molecule has 0 radical (unpaired) electrons. The SMILES string of the molecule is NOCC1NCC(O)O1. The van der Waals surface area contributed by atoms with Crippen LogP contribution in [0.25, 0.3) is 0 Å². The molecule has 4 N–H and O–H groups in total. The lowest BCUT2D eigenvalue weighted by Gasteiger charge is -2.06. The number of aliphatic hydroxyl groups excluding tert-OH is 1. The van der Waals surface area contributed by atoms with Crippen LogP contribution in [-0.2, 0) is 9.57 Å². The van der Waals surface area contributed by atoms with Crippen molar-refractivity contribution in [3.8, 4) is 0 Å². The number of β-amino-alcohol motifs (C(OH)–C–C–N with tert-alkyl or cyclic N) is 1. The van der Waals surface area contributed by atoms with Crippen molar-refractivity contribution >= 4 is 0 Å². The van der Waals surface area contributed by atoms with Crippen molar-refractivity contribution in [2.24, 2.45) is 5.90 Å². The van der Waals surface area contributed by atoms with Gasteiger partial charge in [-0.2, -0.15) is 0 Å². The fraction of sp³-hybridized carbons (Fsp3) is 1.00. The molecule has 1 aliphatic heterocycles. The molecule has 0 aromatic carbocycles. The highest BCUT2D eigenvalue weighted by Gasteiger charge is 2.21. The van der Waals surface area contributed by atoms with Gasteiger partial charge in [-0.05, 0) is 0 Å². The van der Waals surface area contributed by atoms with E-state index in [1.165, 1.54) is 0 Å². The molecule has 54 valence electrons. The molecule has 1 heterocycles. The zero-order valence-corrected chi connectivity index (χ0v) is 4.91. The van der Waals surface area contributed by atoms with Gasteiger partial charge in [0.05, 0.1) is 0 Å². The standard InChI is InChI=1S/C4H10N2O3/c5-8-2-3-6-1-4(7)9-3/h3-4,6-7H,1-2,5H2. The Balaban J connectivity index is 2.14. The van der Waals surface area contributed by atoms with E-state index in [1.54, 1.807) is 0 Å². The van der Waals surface area contributed by atoms with Crippen molar-refractivity contribution < 1.29 is 14.7 Å². The Hall–Kier alpha value is -0.200. The van der Waals surface area contributed by atoms with E-state index in [-0.39, 0.29) is 12.8 Å². The molecule has 9 heavy (non-hydrogen) atoms. The summed E-state index contributed by atoms with van der Waals surface area (Å²) in [5.74, 6) is 4.75. The van der Waals surface area contributed by atoms with Crippen molar-refractivity contribution in [3.63, 3.8) is 0 Å². The first-order valence-electron chi connectivity index (χ1n) is 2.71. The van der Waals surface area contributed by atoms with Gasteiger partial charge < -0.3 is 14.7 Å². The minimum Gasteiger partial charge on any atom is -0.367 e. The Labute approximate surface area is 52.7 Å². The number of hydrogen-bond donors (Lipinski definition) is 3. The average molecular weight is 134 g/mol. The molecule has 2 unspecified atom stereocenters. The Bertz CT molecular complexity index is 87.9. The van der Waals surface area contributed by atoms with E-state index in [4.69, 9.17) is 15.7 Å². The van der Waals surface area contributed by atoms with Gasteiger partial charge in [-0.15, -0.1) is 0 Å². The highest BCUT2D eigenvalue weighted by Crippen LogP contribution is 2.00. The molecule has 1 rings (SSSR count). The summed E-state index contributed by atoms with van der Waals surface area (Å²) >= 11 is 0. The molecule has 1 fully saturated rings. The maximum atomic E-state index is 8.75. The molecule has 5 nitrogen and oxygen atoms in total. The van der Waals surface area contributed by atoms with E-state index in [0.717, 1.165) is 0 Å². The number of hydrogen-bond acceptors (Lipinski definition) is 5. The lowest BCUT2D eigenvalue weighted by atomic mass is 10.6. The highest BCUT2D eigenvalue weighted by atomic mass is 16.7. The van der Waals surface area contributed by atoms with E-state index in [0.29, 0.717) is 6.54 Å². The predicted molar refractivity (Wildman–Crippen MR) is 29.0 cm³/mol. The molecule has 0 aliphatic carbocycles. The third-order valence-corrected chi connectivity index (χ3v) is 1.09. The molecule has 2 atom stereocenters. The Kier molecular flexibility index (Phi) is 2.38. The van der Waals surface area contributed by atoms with E-state index >= 15 is 0 Å². The van der Waals surface area contributed by atoms with Gasteiger partial charge in [-0.3, -0.25) is 5.32 Å². The van der Waals surface area contributed by atoms with Gasteiger partial charge in [0.2, 0.25) is 0 Å². The van der Waals surface area contributed by atoms with Crippen molar-refractivity contribution in [1.29, 1.82) is 0 Å². The second-order valence-electron chi connectivity index (χ2n) is 1.82. The number of rotatable bonds is 2. The van der Waals surface area contributed by atoms with Crippen LogP contribution in [-0.4, -0.2) is 30.8 Å². The first-order valence-corrected chi connectivity index (χ1v) is 2.71. The zero-order valence-electron chi connectivity index (χ0n) is 4.91. The van der Waals surface area contributed by atoms with Crippen LogP contribution in [0.3, 0.4) is 0 Å². The average Bonchev–Trinajstić information content (AvgIpc) is 2.17. The van der Waals surface area contributed by atoms with Crippen LogP contribution in [0, 0.1) is 0 Å². The molecule has 1 aliphatic rings. The fourth-order valence-corrected chi connectivity index (χ4v) is 0.704. The topological polar surface area (TPSA) is 76.7 Å². The molecule has 0 bridgehead atoms. The maximum Gasteiger partial charge on any atom is 0.169 e. The third kappa shape index (κ3) is 1.88. The van der Waals surface area contributed by atoms with Crippen LogP contribution in [0.1, 0.15) is 0 Å². The van der Waals surface area contributed by atoms with Crippen LogP contribution in [0.2, 0.25) is 0 Å². The summed E-state index contributed by atoms with van der Waals surface area (Å²) in [6, 6.07) is 0. The largest absolute Gasteiger partial charge is 0.367 e. The van der Waals surface area contributed by atoms with Crippen LogP contribution < -0.4 is 11.2 Å². The van der Waals surface area contributed by atoms with E-state index in [2.05, 4.69) is 10.2 Å². The Morgan fingerprint density at radius 2 is 2.67 bits per heavy atom. The van der Waals surface area contributed by atoms with E-state index in [9.17, 15) is 0 Å². The molecule has 0 spiro atoms. The first-order chi connectivity index (χ1) is 4.33. The molecule has 0 aromatic heterocycles. The summed E-state index contributed by atoms with van der Waals surface area (Å²) in [6.45, 7) is 0.699. The molecular weight excluding hydrogens is 124 g/mol. The van der Waals surface area contributed by atoms with Gasteiger partial charge in [0.25, 0.3) is 0 Å². The van der Waals surface area contributed by atoms with E-state index < -0.39 is 6.29 Å². The van der Waals surface area contributed by atoms with Crippen LogP contribution in [0.15, 0.2) is 0 Å². The molecule has 0 saturated carbocycles. The lowest BCUT2D eigenvalue weighted by molar-refractivity contribution is -0.106. The molecule has 0 amide bonds. The third-order valence-electron chi connectivity index (χ3n) is 1.09. The first kappa shape index (κ1) is 6.91.